The van der Waals surface area contributed by atoms with E-state index in [2.05, 4.69) is 4.72 Å². The summed E-state index contributed by atoms with van der Waals surface area (Å²) < 4.78 is 72.8. The number of hydrogen-bond donors (Lipinski definition) is 1. The van der Waals surface area contributed by atoms with E-state index in [1.165, 1.54) is 18.2 Å². The number of sulfonamides is 1. The van der Waals surface area contributed by atoms with Crippen LogP contribution in [-0.4, -0.2) is 63.2 Å². The number of sulfone groups is 2. The lowest BCUT2D eigenvalue weighted by atomic mass is 10.1. The second kappa shape index (κ2) is 6.86. The molecule has 0 aliphatic carbocycles. The van der Waals surface area contributed by atoms with Gasteiger partial charge in [0.2, 0.25) is 10.0 Å². The van der Waals surface area contributed by atoms with E-state index >= 15 is 0 Å². The molecule has 0 saturated carbocycles. The van der Waals surface area contributed by atoms with Gasteiger partial charge in [0.15, 0.2) is 19.7 Å². The quantitative estimate of drug-likeness (QED) is 0.726. The molecule has 1 aliphatic rings. The van der Waals surface area contributed by atoms with E-state index in [1.54, 1.807) is 0 Å². The molecule has 25 heavy (non-hydrogen) atoms. The van der Waals surface area contributed by atoms with Crippen molar-refractivity contribution in [3.63, 3.8) is 0 Å². The maximum atomic E-state index is 12.1. The fourth-order valence-corrected chi connectivity index (χ4v) is 5.31. The first-order valence-electron chi connectivity index (χ1n) is 7.54. The summed E-state index contributed by atoms with van der Waals surface area (Å²) >= 11 is 0. The highest BCUT2D eigenvalue weighted by molar-refractivity contribution is 7.91. The van der Waals surface area contributed by atoms with Crippen molar-refractivity contribution in [2.75, 3.05) is 36.8 Å². The highest BCUT2D eigenvalue weighted by Gasteiger charge is 2.26. The van der Waals surface area contributed by atoms with Crippen LogP contribution < -0.4 is 9.62 Å². The van der Waals surface area contributed by atoms with Gasteiger partial charge in [-0.3, -0.25) is 0 Å². The van der Waals surface area contributed by atoms with Gasteiger partial charge in [-0.1, -0.05) is 0 Å². The molecule has 0 spiro atoms. The predicted octanol–water partition coefficient (Wildman–Crippen LogP) is 0.0116. The van der Waals surface area contributed by atoms with Gasteiger partial charge in [-0.15, -0.1) is 0 Å². The fourth-order valence-electron chi connectivity index (χ4n) is 2.82. The van der Waals surface area contributed by atoms with Crippen molar-refractivity contribution in [1.29, 1.82) is 0 Å². The molecule has 1 N–H and O–H groups in total. The lowest BCUT2D eigenvalue weighted by Crippen LogP contribution is -2.44. The molecule has 2 rings (SSSR count). The van der Waals surface area contributed by atoms with Crippen molar-refractivity contribution in [1.82, 2.24) is 4.72 Å². The molecule has 0 bridgehead atoms. The maximum Gasteiger partial charge on any atom is 0.208 e. The summed E-state index contributed by atoms with van der Waals surface area (Å²) in [6.45, 7) is 0.932. The Labute approximate surface area is 149 Å². The highest BCUT2D eigenvalue weighted by atomic mass is 32.2. The molecule has 0 atom stereocenters. The van der Waals surface area contributed by atoms with E-state index in [4.69, 9.17) is 0 Å². The topological polar surface area (TPSA) is 118 Å². The number of nitrogens with zero attached hydrogens (tertiary/aromatic N) is 1. The first kappa shape index (κ1) is 20.1. The summed E-state index contributed by atoms with van der Waals surface area (Å²) in [7, 11) is -10.4. The van der Waals surface area contributed by atoms with Crippen LogP contribution in [0.4, 0.5) is 5.69 Å². The van der Waals surface area contributed by atoms with Gasteiger partial charge in [-0.2, -0.15) is 0 Å². The summed E-state index contributed by atoms with van der Waals surface area (Å²) in [6.07, 6.45) is 4.23. The molecule has 11 heteroatoms. The van der Waals surface area contributed by atoms with Gasteiger partial charge >= 0.3 is 0 Å². The van der Waals surface area contributed by atoms with E-state index < -0.39 is 29.7 Å². The molecule has 1 fully saturated rings. The molecule has 1 aliphatic heterocycles. The Balaban J connectivity index is 2.32. The van der Waals surface area contributed by atoms with Crippen LogP contribution in [0.25, 0.3) is 0 Å². The van der Waals surface area contributed by atoms with E-state index in [0.717, 1.165) is 18.8 Å². The molecule has 0 radical (unpaired) electrons. The minimum atomic E-state index is -3.63. The number of benzene rings is 1. The summed E-state index contributed by atoms with van der Waals surface area (Å²) in [4.78, 5) is 1.75. The second-order valence-corrected chi connectivity index (χ2v) is 12.1. The fraction of sp³-hybridized carbons (Fsp3) is 0.571. The third-order valence-electron chi connectivity index (χ3n) is 3.98. The standard InChI is InChI=1S/C14H22N2O6S3/c1-23(17,18)12-4-5-13(14(10-12)24(2,19)20)16-8-6-11(7-9-16)15-25(3,21)22/h4-5,10-11,15H,6-9H2,1-3H3. The zero-order valence-electron chi connectivity index (χ0n) is 14.3. The van der Waals surface area contributed by atoms with E-state index in [1.807, 2.05) is 4.90 Å². The largest absolute Gasteiger partial charge is 0.370 e. The molecular weight excluding hydrogens is 388 g/mol. The summed E-state index contributed by atoms with van der Waals surface area (Å²) in [6, 6.07) is 3.88. The van der Waals surface area contributed by atoms with Crippen LogP contribution in [0.3, 0.4) is 0 Å². The number of piperidine rings is 1. The normalized spacial score (nSPS) is 17.6. The molecule has 0 amide bonds. The molecule has 1 heterocycles. The lowest BCUT2D eigenvalue weighted by Gasteiger charge is -2.34. The van der Waals surface area contributed by atoms with Gasteiger partial charge in [-0.05, 0) is 31.0 Å². The van der Waals surface area contributed by atoms with Crippen molar-refractivity contribution in [3.05, 3.63) is 18.2 Å². The maximum absolute atomic E-state index is 12.1. The number of anilines is 1. The monoisotopic (exact) mass is 410 g/mol. The van der Waals surface area contributed by atoms with Crippen LogP contribution in [0, 0.1) is 0 Å². The van der Waals surface area contributed by atoms with Gasteiger partial charge < -0.3 is 4.90 Å². The number of hydrogen-bond acceptors (Lipinski definition) is 7. The Morgan fingerprint density at radius 1 is 0.920 bits per heavy atom. The Morgan fingerprint density at radius 2 is 1.48 bits per heavy atom. The van der Waals surface area contributed by atoms with E-state index in [0.29, 0.717) is 31.6 Å². The summed E-state index contributed by atoms with van der Waals surface area (Å²) in [5, 5.41) is 0. The van der Waals surface area contributed by atoms with Crippen LogP contribution in [0.5, 0.6) is 0 Å². The summed E-state index contributed by atoms with van der Waals surface area (Å²) in [5.41, 5.74) is 0.438. The first-order chi connectivity index (χ1) is 11.3. The Bertz CT molecular complexity index is 960. The van der Waals surface area contributed by atoms with Gasteiger partial charge in [0.1, 0.15) is 0 Å². The molecule has 1 saturated heterocycles. The molecule has 0 aromatic heterocycles. The number of rotatable bonds is 5. The lowest BCUT2D eigenvalue weighted by molar-refractivity contribution is 0.460. The second-order valence-electron chi connectivity index (χ2n) is 6.33. The van der Waals surface area contributed by atoms with Gasteiger partial charge in [0.05, 0.1) is 21.7 Å². The minimum Gasteiger partial charge on any atom is -0.370 e. The van der Waals surface area contributed by atoms with Gasteiger partial charge in [0.25, 0.3) is 0 Å². The van der Waals surface area contributed by atoms with E-state index in [9.17, 15) is 25.3 Å². The average Bonchev–Trinajstić information content (AvgIpc) is 2.44. The first-order valence-corrected chi connectivity index (χ1v) is 13.2. The van der Waals surface area contributed by atoms with Gasteiger partial charge in [0, 0.05) is 31.6 Å². The Morgan fingerprint density at radius 3 is 1.92 bits per heavy atom. The molecule has 1 aromatic rings. The molecule has 1 aromatic carbocycles. The SMILES string of the molecule is CS(=O)(=O)NC1CCN(c2ccc(S(C)(=O)=O)cc2S(C)(=O)=O)CC1. The average molecular weight is 411 g/mol. The number of nitrogens with one attached hydrogen (secondary N) is 1. The van der Waals surface area contributed by atoms with Crippen LogP contribution >= 0.6 is 0 Å². The zero-order valence-corrected chi connectivity index (χ0v) is 16.7. The van der Waals surface area contributed by atoms with Crippen molar-refractivity contribution >= 4 is 35.4 Å². The molecular formula is C14H22N2O6S3. The zero-order chi connectivity index (χ0) is 19.0. The molecule has 142 valence electrons. The highest BCUT2D eigenvalue weighted by Crippen LogP contribution is 2.30. The van der Waals surface area contributed by atoms with Gasteiger partial charge in [-0.25, -0.2) is 30.0 Å². The summed E-state index contributed by atoms with van der Waals surface area (Å²) in [5.74, 6) is 0. The third-order valence-corrected chi connectivity index (χ3v) is 6.97. The Kier molecular flexibility index (Phi) is 5.53. The van der Waals surface area contributed by atoms with E-state index in [-0.39, 0.29) is 15.8 Å². The Hall–Kier alpha value is -1.17. The van der Waals surface area contributed by atoms with Crippen LogP contribution in [0.2, 0.25) is 0 Å². The van der Waals surface area contributed by atoms with Crippen LogP contribution in [-0.2, 0) is 29.7 Å². The van der Waals surface area contributed by atoms with Crippen molar-refractivity contribution in [2.24, 2.45) is 0 Å². The predicted molar refractivity (Wildman–Crippen MR) is 95.9 cm³/mol. The molecule has 0 unspecified atom stereocenters. The smallest absolute Gasteiger partial charge is 0.208 e. The van der Waals surface area contributed by atoms with Crippen molar-refractivity contribution < 1.29 is 25.3 Å². The molecule has 8 nitrogen and oxygen atoms in total. The van der Waals surface area contributed by atoms with Crippen LogP contribution in [0.1, 0.15) is 12.8 Å². The van der Waals surface area contributed by atoms with Crippen LogP contribution in [0.15, 0.2) is 28.0 Å². The van der Waals surface area contributed by atoms with Crippen molar-refractivity contribution in [3.8, 4) is 0 Å². The minimum absolute atomic E-state index is 0.0371. The van der Waals surface area contributed by atoms with Crippen molar-refractivity contribution in [2.45, 2.75) is 28.7 Å². The third kappa shape index (κ3) is 5.40.